The van der Waals surface area contributed by atoms with Crippen LogP contribution in [0.5, 0.6) is 0 Å². The molecule has 0 radical (unpaired) electrons. The Labute approximate surface area is 114 Å². The van der Waals surface area contributed by atoms with E-state index < -0.39 is 18.0 Å². The highest BCUT2D eigenvalue weighted by atomic mass is 19.3. The monoisotopic (exact) mass is 281 g/mol. The molecule has 6 heteroatoms. The zero-order chi connectivity index (χ0) is 14.8. The first-order valence-corrected chi connectivity index (χ1v) is 6.04. The van der Waals surface area contributed by atoms with E-state index in [4.69, 9.17) is 0 Å². The van der Waals surface area contributed by atoms with Gasteiger partial charge in [-0.1, -0.05) is 12.1 Å². The van der Waals surface area contributed by atoms with Gasteiger partial charge in [0.1, 0.15) is 0 Å². The van der Waals surface area contributed by atoms with Crippen LogP contribution in [0.3, 0.4) is 0 Å². The number of rotatable bonds is 4. The SMILES string of the molecule is CCOC(=O)C(F)(F)C(O)c1ccc2ncccc2c1. The van der Waals surface area contributed by atoms with E-state index in [1.54, 1.807) is 18.3 Å². The lowest BCUT2D eigenvalue weighted by Crippen LogP contribution is -2.37. The zero-order valence-corrected chi connectivity index (χ0v) is 10.7. The number of carbonyl (C=O) groups is 1. The summed E-state index contributed by atoms with van der Waals surface area (Å²) >= 11 is 0. The van der Waals surface area contributed by atoms with Crippen molar-refractivity contribution in [3.8, 4) is 0 Å². The molecule has 0 aliphatic rings. The quantitative estimate of drug-likeness (QED) is 0.875. The van der Waals surface area contributed by atoms with Crippen molar-refractivity contribution in [2.45, 2.75) is 19.0 Å². The number of ether oxygens (including phenoxy) is 1. The van der Waals surface area contributed by atoms with Crippen LogP contribution in [0.2, 0.25) is 0 Å². The van der Waals surface area contributed by atoms with Crippen LogP contribution in [0.15, 0.2) is 36.5 Å². The Kier molecular flexibility index (Phi) is 3.94. The average Bonchev–Trinajstić information content (AvgIpc) is 2.46. The first-order valence-electron chi connectivity index (χ1n) is 6.04. The summed E-state index contributed by atoms with van der Waals surface area (Å²) in [7, 11) is 0. The van der Waals surface area contributed by atoms with Crippen molar-refractivity contribution >= 4 is 16.9 Å². The van der Waals surface area contributed by atoms with Crippen LogP contribution in [-0.4, -0.2) is 28.6 Å². The molecule has 0 aliphatic heterocycles. The van der Waals surface area contributed by atoms with E-state index in [-0.39, 0.29) is 12.2 Å². The highest BCUT2D eigenvalue weighted by Crippen LogP contribution is 2.33. The number of nitrogens with zero attached hydrogens (tertiary/aromatic N) is 1. The highest BCUT2D eigenvalue weighted by molar-refractivity contribution is 5.81. The number of aromatic nitrogens is 1. The molecule has 2 aromatic rings. The fourth-order valence-electron chi connectivity index (χ4n) is 1.81. The summed E-state index contributed by atoms with van der Waals surface area (Å²) in [6, 6.07) is 7.53. The fraction of sp³-hybridized carbons (Fsp3) is 0.286. The standard InChI is InChI=1S/C14H13F2NO3/c1-2-20-13(19)14(15,16)12(18)10-5-6-11-9(8-10)4-3-7-17-11/h3-8,12,18H,2H2,1H3. The maximum Gasteiger partial charge on any atom is 0.380 e. The van der Waals surface area contributed by atoms with Crippen LogP contribution in [0.4, 0.5) is 8.78 Å². The first kappa shape index (κ1) is 14.3. The molecular weight excluding hydrogens is 268 g/mol. The minimum absolute atomic E-state index is 0.0662. The summed E-state index contributed by atoms with van der Waals surface area (Å²) in [6.45, 7) is 1.24. The molecule has 1 aromatic heterocycles. The molecule has 4 nitrogen and oxygen atoms in total. The number of hydrogen-bond donors (Lipinski definition) is 1. The lowest BCUT2D eigenvalue weighted by atomic mass is 10.0. The summed E-state index contributed by atoms with van der Waals surface area (Å²) in [5.74, 6) is -5.73. The van der Waals surface area contributed by atoms with Crippen molar-refractivity contribution in [2.75, 3.05) is 6.61 Å². The van der Waals surface area contributed by atoms with Gasteiger partial charge in [0.2, 0.25) is 0 Å². The highest BCUT2D eigenvalue weighted by Gasteiger charge is 2.49. The van der Waals surface area contributed by atoms with Crippen LogP contribution in [-0.2, 0) is 9.53 Å². The van der Waals surface area contributed by atoms with E-state index in [2.05, 4.69) is 9.72 Å². The predicted octanol–water partition coefficient (Wildman–Crippen LogP) is 2.47. The van der Waals surface area contributed by atoms with E-state index in [9.17, 15) is 18.7 Å². The van der Waals surface area contributed by atoms with Gasteiger partial charge in [0.25, 0.3) is 0 Å². The van der Waals surface area contributed by atoms with E-state index >= 15 is 0 Å². The summed E-state index contributed by atoms with van der Waals surface area (Å²) in [4.78, 5) is 15.2. The molecule has 0 bridgehead atoms. The Morgan fingerprint density at radius 1 is 1.45 bits per heavy atom. The Hall–Kier alpha value is -2.08. The van der Waals surface area contributed by atoms with Crippen LogP contribution in [0, 0.1) is 0 Å². The second-order valence-electron chi connectivity index (χ2n) is 4.20. The Bertz CT molecular complexity index is 631. The number of halogens is 2. The number of fused-ring (bicyclic) bond motifs is 1. The van der Waals surface area contributed by atoms with Gasteiger partial charge in [0.15, 0.2) is 6.10 Å². The minimum atomic E-state index is -3.99. The molecule has 1 N–H and O–H groups in total. The molecule has 1 aromatic carbocycles. The van der Waals surface area contributed by atoms with Gasteiger partial charge in [-0.25, -0.2) is 4.79 Å². The molecule has 0 fully saturated rings. The van der Waals surface area contributed by atoms with Crippen LogP contribution in [0.1, 0.15) is 18.6 Å². The number of hydrogen-bond acceptors (Lipinski definition) is 4. The molecule has 0 saturated carbocycles. The third-order valence-corrected chi connectivity index (χ3v) is 2.83. The number of aliphatic hydroxyl groups is 1. The molecule has 1 atom stereocenters. The van der Waals surface area contributed by atoms with E-state index in [0.29, 0.717) is 10.9 Å². The zero-order valence-electron chi connectivity index (χ0n) is 10.7. The fourth-order valence-corrected chi connectivity index (χ4v) is 1.81. The lowest BCUT2D eigenvalue weighted by molar-refractivity contribution is -0.189. The van der Waals surface area contributed by atoms with Gasteiger partial charge in [-0.05, 0) is 30.7 Å². The molecule has 20 heavy (non-hydrogen) atoms. The minimum Gasteiger partial charge on any atom is -0.461 e. The molecule has 1 unspecified atom stereocenters. The van der Waals surface area contributed by atoms with Gasteiger partial charge in [-0.15, -0.1) is 0 Å². The molecule has 0 spiro atoms. The topological polar surface area (TPSA) is 59.4 Å². The summed E-state index contributed by atoms with van der Waals surface area (Å²) < 4.78 is 31.8. The van der Waals surface area contributed by atoms with E-state index in [1.807, 2.05) is 0 Å². The van der Waals surface area contributed by atoms with Crippen molar-refractivity contribution < 1.29 is 23.4 Å². The molecule has 0 amide bonds. The van der Waals surface area contributed by atoms with E-state index in [0.717, 1.165) is 0 Å². The largest absolute Gasteiger partial charge is 0.461 e. The van der Waals surface area contributed by atoms with Gasteiger partial charge in [0, 0.05) is 11.6 Å². The van der Waals surface area contributed by atoms with Crippen molar-refractivity contribution in [1.29, 1.82) is 0 Å². The normalized spacial score (nSPS) is 13.2. The molecule has 0 saturated heterocycles. The summed E-state index contributed by atoms with van der Waals surface area (Å²) in [6.07, 6.45) is -0.683. The smallest absolute Gasteiger partial charge is 0.380 e. The Morgan fingerprint density at radius 2 is 2.20 bits per heavy atom. The molecular formula is C14H13F2NO3. The second-order valence-corrected chi connectivity index (χ2v) is 4.20. The molecule has 0 aliphatic carbocycles. The van der Waals surface area contributed by atoms with Gasteiger partial charge in [-0.2, -0.15) is 8.78 Å². The molecule has 106 valence electrons. The lowest BCUT2D eigenvalue weighted by Gasteiger charge is -2.21. The Balaban J connectivity index is 2.35. The number of benzene rings is 1. The summed E-state index contributed by atoms with van der Waals surface area (Å²) in [5.41, 5.74) is 0.548. The third-order valence-electron chi connectivity index (χ3n) is 2.83. The average molecular weight is 281 g/mol. The second kappa shape index (κ2) is 5.50. The molecule has 1 heterocycles. The Morgan fingerprint density at radius 3 is 2.90 bits per heavy atom. The van der Waals surface area contributed by atoms with Crippen LogP contribution in [0.25, 0.3) is 10.9 Å². The number of esters is 1. The maximum atomic E-state index is 13.7. The van der Waals surface area contributed by atoms with Crippen molar-refractivity contribution in [1.82, 2.24) is 4.98 Å². The van der Waals surface area contributed by atoms with Crippen LogP contribution >= 0.6 is 0 Å². The number of carbonyl (C=O) groups excluding carboxylic acids is 1. The van der Waals surface area contributed by atoms with Crippen molar-refractivity contribution in [2.24, 2.45) is 0 Å². The van der Waals surface area contributed by atoms with E-state index in [1.165, 1.54) is 25.1 Å². The van der Waals surface area contributed by atoms with Crippen molar-refractivity contribution in [3.05, 3.63) is 42.1 Å². The third kappa shape index (κ3) is 2.60. The van der Waals surface area contributed by atoms with Crippen molar-refractivity contribution in [3.63, 3.8) is 0 Å². The van der Waals surface area contributed by atoms with Gasteiger partial charge < -0.3 is 9.84 Å². The van der Waals surface area contributed by atoms with Crippen LogP contribution < -0.4 is 0 Å². The van der Waals surface area contributed by atoms with Gasteiger partial charge in [-0.3, -0.25) is 4.98 Å². The number of pyridine rings is 1. The predicted molar refractivity (Wildman–Crippen MR) is 68.3 cm³/mol. The number of aliphatic hydroxyl groups excluding tert-OH is 1. The van der Waals surface area contributed by atoms with Gasteiger partial charge >= 0.3 is 11.9 Å². The number of alkyl halides is 2. The maximum absolute atomic E-state index is 13.7. The first-order chi connectivity index (χ1) is 9.46. The molecule has 2 rings (SSSR count). The van der Waals surface area contributed by atoms with Gasteiger partial charge in [0.05, 0.1) is 12.1 Å². The summed E-state index contributed by atoms with van der Waals surface area (Å²) in [5, 5.41) is 10.3.